The molecule has 3 aromatic rings. The van der Waals surface area contributed by atoms with E-state index in [0.717, 1.165) is 0 Å². The van der Waals surface area contributed by atoms with Gasteiger partial charge in [0.15, 0.2) is 0 Å². The van der Waals surface area contributed by atoms with Crippen molar-refractivity contribution in [2.75, 3.05) is 5.01 Å². The van der Waals surface area contributed by atoms with Gasteiger partial charge in [-0.3, -0.25) is 0 Å². The quantitative estimate of drug-likeness (QED) is 0.593. The predicted octanol–water partition coefficient (Wildman–Crippen LogP) is 3.19. The number of ether oxygens (including phenoxy) is 1. The molecule has 0 aliphatic rings. The Kier molecular flexibility index (Phi) is 5.78. The number of para-hydroxylation sites is 2. The molecular weight excluding hydrogens is 382 g/mol. The largest absolute Gasteiger partial charge is 0.457 e. The van der Waals surface area contributed by atoms with E-state index in [2.05, 4.69) is 0 Å². The molecule has 0 aliphatic carbocycles. The zero-order valence-electron chi connectivity index (χ0n) is 14.6. The van der Waals surface area contributed by atoms with Gasteiger partial charge in [0.25, 0.3) is 0 Å². The highest BCUT2D eigenvalue weighted by Crippen LogP contribution is 2.24. The number of nitrogens with two attached hydrogens (primary N) is 1. The van der Waals surface area contributed by atoms with E-state index in [-0.39, 0.29) is 11.4 Å². The summed E-state index contributed by atoms with van der Waals surface area (Å²) in [6.07, 6.45) is 0. The molecule has 0 radical (unpaired) electrons. The molecule has 0 heterocycles. The van der Waals surface area contributed by atoms with E-state index in [1.807, 2.05) is 23.0 Å². The number of nitrogens with one attached hydrogen (secondary N) is 1. The van der Waals surface area contributed by atoms with Crippen molar-refractivity contribution >= 4 is 22.0 Å². The van der Waals surface area contributed by atoms with Crippen LogP contribution in [0, 0.1) is 0 Å². The lowest BCUT2D eigenvalue weighted by Gasteiger charge is -2.21. The molecule has 0 bridgehead atoms. The van der Waals surface area contributed by atoms with Gasteiger partial charge in [-0.05, 0) is 48.5 Å². The first kappa shape index (κ1) is 19.2. The Morgan fingerprint density at radius 3 is 1.82 bits per heavy atom. The highest BCUT2D eigenvalue weighted by molar-refractivity contribution is 7.85. The number of hydrazine groups is 1. The fourth-order valence-electron chi connectivity index (χ4n) is 2.25. The molecule has 0 saturated carbocycles. The monoisotopic (exact) mass is 399 g/mol. The number of hydrogen-bond acceptors (Lipinski definition) is 5. The van der Waals surface area contributed by atoms with E-state index in [0.29, 0.717) is 16.5 Å². The van der Waals surface area contributed by atoms with Crippen LogP contribution in [0.25, 0.3) is 0 Å². The van der Waals surface area contributed by atoms with Crippen LogP contribution in [0.3, 0.4) is 0 Å². The molecule has 3 N–H and O–H groups in total. The summed E-state index contributed by atoms with van der Waals surface area (Å²) in [5.41, 5.74) is 5.49. The first-order valence-electron chi connectivity index (χ1n) is 8.12. The molecule has 0 aromatic heterocycles. The van der Waals surface area contributed by atoms with Crippen LogP contribution in [-0.4, -0.2) is 14.4 Å². The summed E-state index contributed by atoms with van der Waals surface area (Å²) in [5.74, 6) is 1.23. The fraction of sp³-hybridized carbons (Fsp3) is 0. The number of anilines is 1. The van der Waals surface area contributed by atoms with Crippen LogP contribution < -0.4 is 24.5 Å². The van der Waals surface area contributed by atoms with Gasteiger partial charge in [0.05, 0.1) is 5.69 Å². The van der Waals surface area contributed by atoms with Crippen LogP contribution in [0.15, 0.2) is 84.9 Å². The molecule has 2 amide bonds. The Bertz CT molecular complexity index is 1030. The molecule has 8 nitrogen and oxygen atoms in total. The summed E-state index contributed by atoms with van der Waals surface area (Å²) in [5, 5.41) is 0.657. The first-order chi connectivity index (χ1) is 13.4. The molecule has 28 heavy (non-hydrogen) atoms. The van der Waals surface area contributed by atoms with E-state index in [1.54, 1.807) is 42.5 Å². The summed E-state index contributed by atoms with van der Waals surface area (Å²) < 4.78 is 34.9. The van der Waals surface area contributed by atoms with Crippen molar-refractivity contribution in [3.63, 3.8) is 0 Å². The maximum atomic E-state index is 12.2. The summed E-state index contributed by atoms with van der Waals surface area (Å²) in [4.78, 5) is 13.7. The number of urea groups is 1. The van der Waals surface area contributed by atoms with Crippen molar-refractivity contribution in [2.45, 2.75) is 0 Å². The second-order valence-corrected chi connectivity index (χ2v) is 6.78. The second-order valence-electron chi connectivity index (χ2n) is 5.52. The topological polar surface area (TPSA) is 111 Å². The standard InChI is InChI=1S/C19H17N3O5S/c20-19(23)22(21-28(24,25)27-18-9-5-2-6-10-18)15-11-13-17(14-12-15)26-16-7-3-1-4-8-16/h1-14,21H,(H2,20,23). The van der Waals surface area contributed by atoms with Crippen molar-refractivity contribution in [1.82, 2.24) is 4.83 Å². The zero-order valence-corrected chi connectivity index (χ0v) is 15.4. The maximum absolute atomic E-state index is 12.2. The number of nitrogens with zero attached hydrogens (tertiary/aromatic N) is 1. The number of carbonyl (C=O) groups excluding carboxylic acids is 1. The Balaban J connectivity index is 1.74. The number of amides is 2. The van der Waals surface area contributed by atoms with Crippen LogP contribution in [0.4, 0.5) is 10.5 Å². The number of rotatable bonds is 7. The van der Waals surface area contributed by atoms with Gasteiger partial charge < -0.3 is 14.7 Å². The van der Waals surface area contributed by atoms with Crippen LogP contribution in [0.1, 0.15) is 0 Å². The van der Waals surface area contributed by atoms with E-state index in [9.17, 15) is 13.2 Å². The molecule has 0 aliphatic heterocycles. The van der Waals surface area contributed by atoms with Crippen molar-refractivity contribution in [3.8, 4) is 17.2 Å². The van der Waals surface area contributed by atoms with Crippen molar-refractivity contribution in [2.24, 2.45) is 5.73 Å². The van der Waals surface area contributed by atoms with Gasteiger partial charge in [-0.25, -0.2) is 9.80 Å². The van der Waals surface area contributed by atoms with E-state index in [1.165, 1.54) is 24.3 Å². The maximum Gasteiger partial charge on any atom is 0.400 e. The summed E-state index contributed by atoms with van der Waals surface area (Å²) in [6, 6.07) is 22.1. The third kappa shape index (κ3) is 5.22. The number of carbonyl (C=O) groups is 1. The molecule has 9 heteroatoms. The lowest BCUT2D eigenvalue weighted by atomic mass is 10.3. The second kappa shape index (κ2) is 8.42. The smallest absolute Gasteiger partial charge is 0.400 e. The van der Waals surface area contributed by atoms with Gasteiger partial charge in [0, 0.05) is 0 Å². The number of benzene rings is 3. The third-order valence-electron chi connectivity index (χ3n) is 3.45. The Morgan fingerprint density at radius 1 is 0.786 bits per heavy atom. The molecule has 0 spiro atoms. The van der Waals surface area contributed by atoms with Crippen molar-refractivity contribution in [3.05, 3.63) is 84.9 Å². The Labute approximate surface area is 162 Å². The minimum absolute atomic E-state index is 0.0889. The SMILES string of the molecule is NC(=O)N(NS(=O)(=O)Oc1ccccc1)c1ccc(Oc2ccccc2)cc1. The van der Waals surface area contributed by atoms with Gasteiger partial charge in [-0.15, -0.1) is 0 Å². The molecule has 0 fully saturated rings. The lowest BCUT2D eigenvalue weighted by molar-refractivity contribution is 0.252. The summed E-state index contributed by atoms with van der Waals surface area (Å²) in [7, 11) is -4.34. The molecule has 3 rings (SSSR count). The molecule has 0 atom stereocenters. The van der Waals surface area contributed by atoms with Gasteiger partial charge in [-0.2, -0.15) is 8.42 Å². The normalized spacial score (nSPS) is 10.9. The number of hydrogen-bond donors (Lipinski definition) is 2. The highest BCUT2D eigenvalue weighted by Gasteiger charge is 2.22. The summed E-state index contributed by atoms with van der Waals surface area (Å²) in [6.45, 7) is 0. The minimum Gasteiger partial charge on any atom is -0.457 e. The van der Waals surface area contributed by atoms with Crippen LogP contribution in [0.5, 0.6) is 17.2 Å². The van der Waals surface area contributed by atoms with E-state index in [4.69, 9.17) is 14.7 Å². The van der Waals surface area contributed by atoms with Crippen LogP contribution >= 0.6 is 0 Å². The average molecular weight is 399 g/mol. The van der Waals surface area contributed by atoms with Crippen molar-refractivity contribution < 1.29 is 22.1 Å². The van der Waals surface area contributed by atoms with Gasteiger partial charge >= 0.3 is 16.3 Å². The lowest BCUT2D eigenvalue weighted by Crippen LogP contribution is -2.50. The Morgan fingerprint density at radius 2 is 1.29 bits per heavy atom. The van der Waals surface area contributed by atoms with Crippen LogP contribution in [-0.2, 0) is 10.3 Å². The predicted molar refractivity (Wildman–Crippen MR) is 104 cm³/mol. The number of primary amides is 1. The first-order valence-corrected chi connectivity index (χ1v) is 9.53. The molecular formula is C19H17N3O5S. The molecule has 144 valence electrons. The van der Waals surface area contributed by atoms with Crippen LogP contribution in [0.2, 0.25) is 0 Å². The van der Waals surface area contributed by atoms with Gasteiger partial charge in [0.2, 0.25) is 0 Å². The fourth-order valence-corrected chi connectivity index (χ4v) is 3.07. The van der Waals surface area contributed by atoms with E-state index >= 15 is 0 Å². The van der Waals surface area contributed by atoms with Crippen molar-refractivity contribution in [1.29, 1.82) is 0 Å². The third-order valence-corrected chi connectivity index (χ3v) is 4.26. The minimum atomic E-state index is -4.34. The van der Waals surface area contributed by atoms with Gasteiger partial charge in [-0.1, -0.05) is 41.2 Å². The highest BCUT2D eigenvalue weighted by atomic mass is 32.2. The van der Waals surface area contributed by atoms with Gasteiger partial charge in [0.1, 0.15) is 17.2 Å². The molecule has 0 unspecified atom stereocenters. The van der Waals surface area contributed by atoms with E-state index < -0.39 is 16.3 Å². The average Bonchev–Trinajstić information content (AvgIpc) is 2.68. The summed E-state index contributed by atoms with van der Waals surface area (Å²) >= 11 is 0. The Hall–Kier alpha value is -3.56. The zero-order chi connectivity index (χ0) is 20.0. The molecule has 3 aromatic carbocycles. The molecule has 0 saturated heterocycles.